The molecule has 0 N–H and O–H groups in total. The van der Waals surface area contributed by atoms with E-state index in [2.05, 4.69) is 11.1 Å². The molecule has 0 unspecified atom stereocenters. The standard InChI is InChI=1S/C11H11NO.C2H6/c1-8-9-5-3-4-6-10(9)11(13-2)7-12-8;1-2/h3-7H,1-2H3;1-2H3. The quantitative estimate of drug-likeness (QED) is 0.706. The lowest BCUT2D eigenvalue weighted by molar-refractivity contribution is 0.418. The second-order valence-electron chi connectivity index (χ2n) is 2.96. The van der Waals surface area contributed by atoms with E-state index in [0.717, 1.165) is 22.2 Å². The Kier molecular flexibility index (Phi) is 4.10. The number of aromatic nitrogens is 1. The fraction of sp³-hybridized carbons (Fsp3) is 0.308. The maximum absolute atomic E-state index is 5.22. The minimum Gasteiger partial charge on any atom is -0.494 e. The van der Waals surface area contributed by atoms with Gasteiger partial charge in [0.1, 0.15) is 5.75 Å². The highest BCUT2D eigenvalue weighted by atomic mass is 16.5. The summed E-state index contributed by atoms with van der Waals surface area (Å²) in [6.07, 6.45) is 1.76. The number of benzene rings is 1. The van der Waals surface area contributed by atoms with Crippen LogP contribution >= 0.6 is 0 Å². The maximum Gasteiger partial charge on any atom is 0.144 e. The molecule has 2 aromatic rings. The average molecular weight is 203 g/mol. The van der Waals surface area contributed by atoms with Gasteiger partial charge in [0.05, 0.1) is 13.3 Å². The van der Waals surface area contributed by atoms with Crippen LogP contribution in [-0.2, 0) is 0 Å². The van der Waals surface area contributed by atoms with Crippen LogP contribution in [0.1, 0.15) is 19.5 Å². The number of rotatable bonds is 1. The van der Waals surface area contributed by atoms with Gasteiger partial charge in [-0.3, -0.25) is 4.98 Å². The van der Waals surface area contributed by atoms with Crippen molar-refractivity contribution in [1.82, 2.24) is 4.98 Å². The second-order valence-corrected chi connectivity index (χ2v) is 2.96. The first-order chi connectivity index (χ1) is 7.33. The Morgan fingerprint density at radius 3 is 2.27 bits per heavy atom. The number of ether oxygens (including phenoxy) is 1. The number of methoxy groups -OCH3 is 1. The highest BCUT2D eigenvalue weighted by molar-refractivity contribution is 5.89. The molecule has 0 atom stereocenters. The number of pyridine rings is 1. The van der Waals surface area contributed by atoms with Crippen molar-refractivity contribution in [2.45, 2.75) is 20.8 Å². The van der Waals surface area contributed by atoms with Crippen LogP contribution in [0.25, 0.3) is 10.8 Å². The zero-order valence-corrected chi connectivity index (χ0v) is 9.74. The van der Waals surface area contributed by atoms with E-state index in [1.807, 2.05) is 39.0 Å². The molecule has 0 saturated heterocycles. The predicted octanol–water partition coefficient (Wildman–Crippen LogP) is 3.58. The molecule has 2 nitrogen and oxygen atoms in total. The monoisotopic (exact) mass is 203 g/mol. The summed E-state index contributed by atoms with van der Waals surface area (Å²) < 4.78 is 5.22. The molecule has 1 aromatic heterocycles. The summed E-state index contributed by atoms with van der Waals surface area (Å²) >= 11 is 0. The van der Waals surface area contributed by atoms with Gasteiger partial charge >= 0.3 is 0 Å². The number of nitrogens with zero attached hydrogens (tertiary/aromatic N) is 1. The summed E-state index contributed by atoms with van der Waals surface area (Å²) in [4.78, 5) is 4.25. The lowest BCUT2D eigenvalue weighted by Gasteiger charge is -2.05. The molecule has 0 aliphatic rings. The van der Waals surface area contributed by atoms with Gasteiger partial charge in [0.25, 0.3) is 0 Å². The van der Waals surface area contributed by atoms with E-state index in [9.17, 15) is 0 Å². The third-order valence-corrected chi connectivity index (χ3v) is 2.18. The highest BCUT2D eigenvalue weighted by Crippen LogP contribution is 2.25. The smallest absolute Gasteiger partial charge is 0.144 e. The minimum absolute atomic E-state index is 0.834. The number of aryl methyl sites for hydroxylation is 1. The zero-order valence-electron chi connectivity index (χ0n) is 9.74. The Labute approximate surface area is 90.9 Å². The highest BCUT2D eigenvalue weighted by Gasteiger charge is 2.02. The number of hydrogen-bond donors (Lipinski definition) is 0. The van der Waals surface area contributed by atoms with Gasteiger partial charge in [-0.1, -0.05) is 38.1 Å². The topological polar surface area (TPSA) is 22.1 Å². The molecular weight excluding hydrogens is 186 g/mol. The lowest BCUT2D eigenvalue weighted by atomic mass is 10.1. The SMILES string of the molecule is CC.COc1cnc(C)c2ccccc12. The molecule has 0 amide bonds. The Bertz CT molecular complexity index is 437. The van der Waals surface area contributed by atoms with Crippen molar-refractivity contribution in [3.05, 3.63) is 36.2 Å². The summed E-state index contributed by atoms with van der Waals surface area (Å²) in [5.41, 5.74) is 1.04. The maximum atomic E-state index is 5.22. The van der Waals surface area contributed by atoms with Gasteiger partial charge in [0, 0.05) is 16.5 Å². The van der Waals surface area contributed by atoms with E-state index in [4.69, 9.17) is 4.74 Å². The van der Waals surface area contributed by atoms with Crippen LogP contribution in [0.4, 0.5) is 0 Å². The van der Waals surface area contributed by atoms with E-state index in [-0.39, 0.29) is 0 Å². The van der Waals surface area contributed by atoms with Crippen molar-refractivity contribution in [1.29, 1.82) is 0 Å². The Morgan fingerprint density at radius 2 is 1.67 bits per heavy atom. The molecule has 0 saturated carbocycles. The van der Waals surface area contributed by atoms with E-state index in [0.29, 0.717) is 0 Å². The van der Waals surface area contributed by atoms with Crippen molar-refractivity contribution in [2.24, 2.45) is 0 Å². The Morgan fingerprint density at radius 1 is 1.07 bits per heavy atom. The molecule has 0 spiro atoms. The molecule has 0 aliphatic carbocycles. The third-order valence-electron chi connectivity index (χ3n) is 2.18. The molecule has 2 heteroatoms. The van der Waals surface area contributed by atoms with Crippen LogP contribution in [0.5, 0.6) is 5.75 Å². The fourth-order valence-electron chi connectivity index (χ4n) is 1.47. The first-order valence-corrected chi connectivity index (χ1v) is 5.21. The first-order valence-electron chi connectivity index (χ1n) is 5.21. The van der Waals surface area contributed by atoms with E-state index >= 15 is 0 Å². The molecule has 0 aliphatic heterocycles. The summed E-state index contributed by atoms with van der Waals surface area (Å²) in [5.74, 6) is 0.834. The van der Waals surface area contributed by atoms with Crippen molar-refractivity contribution >= 4 is 10.8 Å². The van der Waals surface area contributed by atoms with Gasteiger partial charge in [0.15, 0.2) is 0 Å². The first kappa shape index (κ1) is 11.5. The lowest BCUT2D eigenvalue weighted by Crippen LogP contribution is -1.89. The van der Waals surface area contributed by atoms with E-state index in [1.54, 1.807) is 13.3 Å². The van der Waals surface area contributed by atoms with Crippen molar-refractivity contribution in [3.63, 3.8) is 0 Å². The van der Waals surface area contributed by atoms with E-state index < -0.39 is 0 Å². The largest absolute Gasteiger partial charge is 0.494 e. The van der Waals surface area contributed by atoms with Crippen LogP contribution in [0.3, 0.4) is 0 Å². The van der Waals surface area contributed by atoms with Crippen LogP contribution in [0.15, 0.2) is 30.5 Å². The molecule has 15 heavy (non-hydrogen) atoms. The summed E-state index contributed by atoms with van der Waals surface area (Å²) in [5, 5.41) is 2.28. The van der Waals surface area contributed by atoms with Crippen molar-refractivity contribution in [3.8, 4) is 5.75 Å². The molecule has 2 rings (SSSR count). The molecule has 1 aromatic carbocycles. The van der Waals surface area contributed by atoms with Gasteiger partial charge in [-0.25, -0.2) is 0 Å². The van der Waals surface area contributed by atoms with Crippen molar-refractivity contribution < 1.29 is 4.74 Å². The van der Waals surface area contributed by atoms with Gasteiger partial charge in [0.2, 0.25) is 0 Å². The molecule has 0 bridgehead atoms. The van der Waals surface area contributed by atoms with Crippen LogP contribution in [0.2, 0.25) is 0 Å². The van der Waals surface area contributed by atoms with Gasteiger partial charge in [-0.05, 0) is 6.92 Å². The second kappa shape index (κ2) is 5.35. The molecular formula is C13H17NO. The average Bonchev–Trinajstić information content (AvgIpc) is 2.33. The third kappa shape index (κ3) is 2.27. The normalized spacial score (nSPS) is 9.33. The number of fused-ring (bicyclic) bond motifs is 1. The van der Waals surface area contributed by atoms with Crippen LogP contribution in [0, 0.1) is 6.92 Å². The van der Waals surface area contributed by atoms with Gasteiger partial charge < -0.3 is 4.74 Å². The Balaban J connectivity index is 0.000000531. The van der Waals surface area contributed by atoms with Crippen LogP contribution in [-0.4, -0.2) is 12.1 Å². The molecule has 80 valence electrons. The minimum atomic E-state index is 0.834. The Hall–Kier alpha value is -1.57. The molecule has 0 radical (unpaired) electrons. The summed E-state index contributed by atoms with van der Waals surface area (Å²) in [6.45, 7) is 6.00. The molecule has 1 heterocycles. The summed E-state index contributed by atoms with van der Waals surface area (Å²) in [7, 11) is 1.67. The molecule has 0 fully saturated rings. The van der Waals surface area contributed by atoms with Gasteiger partial charge in [-0.2, -0.15) is 0 Å². The van der Waals surface area contributed by atoms with Crippen LogP contribution < -0.4 is 4.74 Å². The summed E-state index contributed by atoms with van der Waals surface area (Å²) in [6, 6.07) is 8.11. The zero-order chi connectivity index (χ0) is 11.3. The predicted molar refractivity (Wildman–Crippen MR) is 64.4 cm³/mol. The van der Waals surface area contributed by atoms with Gasteiger partial charge in [-0.15, -0.1) is 0 Å². The van der Waals surface area contributed by atoms with Crippen molar-refractivity contribution in [2.75, 3.05) is 7.11 Å². The van der Waals surface area contributed by atoms with E-state index in [1.165, 1.54) is 0 Å². The number of hydrogen-bond acceptors (Lipinski definition) is 2. The fourth-order valence-corrected chi connectivity index (χ4v) is 1.47.